The molecule has 6 nitrogen and oxygen atoms in total. The predicted octanol–water partition coefficient (Wildman–Crippen LogP) is 2.57. The molecule has 0 fully saturated rings. The summed E-state index contributed by atoms with van der Waals surface area (Å²) in [6.45, 7) is -3.25. The largest absolute Gasteiger partial charge is 0.482 e. The first-order valence-electron chi connectivity index (χ1n) is 8.17. The molecule has 0 radical (unpaired) electrons. The Morgan fingerprint density at radius 2 is 1.63 bits per heavy atom. The number of nitrogens with one attached hydrogen (secondary N) is 1. The van der Waals surface area contributed by atoms with Crippen molar-refractivity contribution in [1.82, 2.24) is 5.32 Å². The zero-order valence-corrected chi connectivity index (χ0v) is 14.4. The Labute approximate surface area is 155 Å². The molecule has 1 N–H and O–H groups in total. The fraction of sp³-hybridized carbons (Fsp3) is 0.263. The van der Waals surface area contributed by atoms with Crippen molar-refractivity contribution in [3.63, 3.8) is 0 Å². The van der Waals surface area contributed by atoms with Gasteiger partial charge in [-0.1, -0.05) is 30.3 Å². The number of halogens is 2. The van der Waals surface area contributed by atoms with Crippen LogP contribution in [0.3, 0.4) is 0 Å². The van der Waals surface area contributed by atoms with Crippen molar-refractivity contribution >= 4 is 11.9 Å². The van der Waals surface area contributed by atoms with Crippen LogP contribution < -0.4 is 14.8 Å². The molecule has 0 aliphatic carbocycles. The van der Waals surface area contributed by atoms with Crippen LogP contribution in [0.2, 0.25) is 0 Å². The van der Waals surface area contributed by atoms with E-state index in [0.29, 0.717) is 18.7 Å². The number of esters is 1. The van der Waals surface area contributed by atoms with Crippen molar-refractivity contribution in [2.24, 2.45) is 0 Å². The van der Waals surface area contributed by atoms with Crippen LogP contribution in [0.15, 0.2) is 54.6 Å². The molecule has 0 saturated heterocycles. The summed E-state index contributed by atoms with van der Waals surface area (Å²) < 4.78 is 38.4. The third-order valence-electron chi connectivity index (χ3n) is 3.35. The molecule has 8 heteroatoms. The Hall–Kier alpha value is -3.16. The minimum Gasteiger partial charge on any atom is -0.482 e. The second-order valence-electron chi connectivity index (χ2n) is 5.38. The maximum Gasteiger partial charge on any atom is 0.387 e. The first-order chi connectivity index (χ1) is 13.0. The van der Waals surface area contributed by atoms with E-state index in [9.17, 15) is 18.4 Å². The average molecular weight is 379 g/mol. The van der Waals surface area contributed by atoms with E-state index in [-0.39, 0.29) is 12.4 Å². The lowest BCUT2D eigenvalue weighted by molar-refractivity contribution is -0.150. The number of ether oxygens (including phenoxy) is 3. The smallest absolute Gasteiger partial charge is 0.387 e. The number of hydrogen-bond donors (Lipinski definition) is 1. The zero-order chi connectivity index (χ0) is 19.5. The van der Waals surface area contributed by atoms with E-state index < -0.39 is 25.1 Å². The lowest BCUT2D eigenvalue weighted by atomic mass is 10.1. The molecule has 27 heavy (non-hydrogen) atoms. The van der Waals surface area contributed by atoms with Crippen molar-refractivity contribution in [2.75, 3.05) is 19.8 Å². The Morgan fingerprint density at radius 1 is 0.926 bits per heavy atom. The first kappa shape index (κ1) is 20.2. The van der Waals surface area contributed by atoms with E-state index in [4.69, 9.17) is 9.47 Å². The Bertz CT molecular complexity index is 723. The van der Waals surface area contributed by atoms with Crippen LogP contribution in [-0.2, 0) is 20.7 Å². The van der Waals surface area contributed by atoms with Gasteiger partial charge in [0.2, 0.25) is 0 Å². The molecule has 0 aliphatic heterocycles. The summed E-state index contributed by atoms with van der Waals surface area (Å²) in [5, 5.41) is 2.60. The molecule has 0 aliphatic rings. The third kappa shape index (κ3) is 8.17. The lowest BCUT2D eigenvalue weighted by Gasteiger charge is -2.08. The van der Waals surface area contributed by atoms with Crippen molar-refractivity contribution in [3.05, 3.63) is 60.2 Å². The van der Waals surface area contributed by atoms with Gasteiger partial charge in [-0.15, -0.1) is 0 Å². The number of amides is 1. The number of carbonyl (C=O) groups excluding carboxylic acids is 2. The van der Waals surface area contributed by atoms with Gasteiger partial charge in [-0.05, 0) is 36.2 Å². The van der Waals surface area contributed by atoms with Crippen LogP contribution in [0, 0.1) is 0 Å². The van der Waals surface area contributed by atoms with Gasteiger partial charge < -0.3 is 19.5 Å². The summed E-state index contributed by atoms with van der Waals surface area (Å²) in [5.74, 6) is -0.490. The minimum absolute atomic E-state index is 0.0717. The Kier molecular flexibility index (Phi) is 8.02. The quantitative estimate of drug-likeness (QED) is 0.643. The molecule has 1 amide bonds. The second kappa shape index (κ2) is 10.7. The standard InChI is InChI=1S/C19H19F2NO5/c20-19(21)27-16-8-6-14(7-9-16)10-11-22-17(23)12-26-18(24)13-25-15-4-2-1-3-5-15/h1-9,19H,10-13H2,(H,22,23). The van der Waals surface area contributed by atoms with Crippen molar-refractivity contribution < 1.29 is 32.6 Å². The Morgan fingerprint density at radius 3 is 2.30 bits per heavy atom. The highest BCUT2D eigenvalue weighted by Gasteiger charge is 2.08. The number of benzene rings is 2. The number of rotatable bonds is 10. The molecule has 0 unspecified atom stereocenters. The first-order valence-corrected chi connectivity index (χ1v) is 8.17. The van der Waals surface area contributed by atoms with Crippen LogP contribution in [0.25, 0.3) is 0 Å². The van der Waals surface area contributed by atoms with E-state index in [1.165, 1.54) is 12.1 Å². The van der Waals surface area contributed by atoms with E-state index in [1.807, 2.05) is 6.07 Å². The molecule has 0 saturated carbocycles. The summed E-state index contributed by atoms with van der Waals surface area (Å²) in [4.78, 5) is 23.2. The topological polar surface area (TPSA) is 73.9 Å². The van der Waals surface area contributed by atoms with Crippen LogP contribution in [0.4, 0.5) is 8.78 Å². The average Bonchev–Trinajstić information content (AvgIpc) is 2.66. The van der Waals surface area contributed by atoms with E-state index in [1.54, 1.807) is 36.4 Å². The zero-order valence-electron chi connectivity index (χ0n) is 14.4. The fourth-order valence-electron chi connectivity index (χ4n) is 2.08. The molecule has 0 aromatic heterocycles. The van der Waals surface area contributed by atoms with Gasteiger partial charge in [0, 0.05) is 6.54 Å². The minimum atomic E-state index is -2.86. The molecule has 0 spiro atoms. The fourth-order valence-corrected chi connectivity index (χ4v) is 2.08. The van der Waals surface area contributed by atoms with Crippen LogP contribution in [-0.4, -0.2) is 38.2 Å². The highest BCUT2D eigenvalue weighted by molar-refractivity contribution is 5.80. The summed E-state index contributed by atoms with van der Waals surface area (Å²) >= 11 is 0. The third-order valence-corrected chi connectivity index (χ3v) is 3.35. The van der Waals surface area contributed by atoms with Crippen LogP contribution >= 0.6 is 0 Å². The van der Waals surface area contributed by atoms with Gasteiger partial charge in [0.25, 0.3) is 5.91 Å². The van der Waals surface area contributed by atoms with Crippen LogP contribution in [0.5, 0.6) is 11.5 Å². The normalized spacial score (nSPS) is 10.3. The molecule has 0 atom stereocenters. The van der Waals surface area contributed by atoms with E-state index in [0.717, 1.165) is 5.56 Å². The van der Waals surface area contributed by atoms with Gasteiger partial charge in [-0.3, -0.25) is 4.79 Å². The SMILES string of the molecule is O=C(COC(=O)COc1ccccc1)NCCc1ccc(OC(F)F)cc1. The highest BCUT2D eigenvalue weighted by Crippen LogP contribution is 2.15. The second-order valence-corrected chi connectivity index (χ2v) is 5.38. The van der Waals surface area contributed by atoms with Crippen molar-refractivity contribution in [1.29, 1.82) is 0 Å². The Balaban J connectivity index is 1.59. The maximum absolute atomic E-state index is 12.1. The molecule has 2 rings (SSSR count). The highest BCUT2D eigenvalue weighted by atomic mass is 19.3. The predicted molar refractivity (Wildman–Crippen MR) is 92.7 cm³/mol. The molecule has 2 aromatic carbocycles. The van der Waals surface area contributed by atoms with Crippen LogP contribution in [0.1, 0.15) is 5.56 Å². The molecule has 144 valence electrons. The van der Waals surface area contributed by atoms with Crippen molar-refractivity contribution in [3.8, 4) is 11.5 Å². The lowest BCUT2D eigenvalue weighted by Crippen LogP contribution is -2.31. The number of hydrogen-bond acceptors (Lipinski definition) is 5. The maximum atomic E-state index is 12.1. The molecule has 0 bridgehead atoms. The summed E-state index contributed by atoms with van der Waals surface area (Å²) in [5.41, 5.74) is 0.838. The summed E-state index contributed by atoms with van der Waals surface area (Å²) in [6.07, 6.45) is 0.492. The van der Waals surface area contributed by atoms with Gasteiger partial charge in [0.15, 0.2) is 13.2 Å². The van der Waals surface area contributed by atoms with Gasteiger partial charge in [-0.2, -0.15) is 8.78 Å². The molecule has 2 aromatic rings. The number of alkyl halides is 2. The van der Waals surface area contributed by atoms with Crippen molar-refractivity contribution in [2.45, 2.75) is 13.0 Å². The number of carbonyl (C=O) groups is 2. The monoisotopic (exact) mass is 379 g/mol. The van der Waals surface area contributed by atoms with E-state index in [2.05, 4.69) is 10.1 Å². The number of para-hydroxylation sites is 1. The van der Waals surface area contributed by atoms with Gasteiger partial charge >= 0.3 is 12.6 Å². The van der Waals surface area contributed by atoms with E-state index >= 15 is 0 Å². The molecular weight excluding hydrogens is 360 g/mol. The summed E-state index contributed by atoms with van der Waals surface area (Å²) in [6, 6.07) is 14.9. The molecular formula is C19H19F2NO5. The molecule has 0 heterocycles. The van der Waals surface area contributed by atoms with Gasteiger partial charge in [0.05, 0.1) is 0 Å². The summed E-state index contributed by atoms with van der Waals surface area (Å²) in [7, 11) is 0. The van der Waals surface area contributed by atoms with Gasteiger partial charge in [0.1, 0.15) is 11.5 Å². The van der Waals surface area contributed by atoms with Gasteiger partial charge in [-0.25, -0.2) is 4.79 Å².